The van der Waals surface area contributed by atoms with Gasteiger partial charge in [-0.3, -0.25) is 0 Å². The van der Waals surface area contributed by atoms with Gasteiger partial charge in [0, 0.05) is 22.8 Å². The molecule has 0 heterocycles. The van der Waals surface area contributed by atoms with Gasteiger partial charge in [0.1, 0.15) is 5.75 Å². The van der Waals surface area contributed by atoms with Crippen LogP contribution in [0.3, 0.4) is 0 Å². The van der Waals surface area contributed by atoms with E-state index in [1.54, 1.807) is 0 Å². The molecule has 6 aromatic rings. The molecule has 162 valence electrons. The molecule has 34 heavy (non-hydrogen) atoms. The molecule has 0 fully saturated rings. The molecule has 0 N–H and O–H groups in total. The molecule has 0 saturated carbocycles. The van der Waals surface area contributed by atoms with Gasteiger partial charge in [-0.1, -0.05) is 73.3 Å². The zero-order chi connectivity index (χ0) is 23.1. The lowest BCUT2D eigenvalue weighted by molar-refractivity contribution is -0.128. The minimum absolute atomic E-state index is 0.473. The second-order valence-electron chi connectivity index (χ2n) is 8.23. The Hall–Kier alpha value is -4.63. The van der Waals surface area contributed by atoms with Crippen LogP contribution in [0.4, 0.5) is 17.1 Å². The van der Waals surface area contributed by atoms with Crippen molar-refractivity contribution in [1.82, 2.24) is 0 Å². The summed E-state index contributed by atoms with van der Waals surface area (Å²) in [5.74, 6) is 0.0106. The highest BCUT2D eigenvalue weighted by Gasteiger charge is 2.18. The average Bonchev–Trinajstić information content (AvgIpc) is 2.89. The fourth-order valence-corrected chi connectivity index (χ4v) is 4.74. The van der Waals surface area contributed by atoms with E-state index in [9.17, 15) is 4.79 Å². The van der Waals surface area contributed by atoms with Gasteiger partial charge in [-0.25, -0.2) is 4.79 Å². The van der Waals surface area contributed by atoms with Gasteiger partial charge < -0.3 is 9.64 Å². The van der Waals surface area contributed by atoms with Crippen molar-refractivity contribution in [3.63, 3.8) is 0 Å². The Morgan fingerprint density at radius 3 is 1.97 bits per heavy atom. The maximum absolute atomic E-state index is 11.6. The van der Waals surface area contributed by atoms with Crippen LogP contribution >= 0.6 is 0 Å². The van der Waals surface area contributed by atoms with Crippen molar-refractivity contribution in [3.8, 4) is 5.75 Å². The molecule has 0 atom stereocenters. The third-order valence-electron chi connectivity index (χ3n) is 6.24. The first-order chi connectivity index (χ1) is 16.7. The normalized spacial score (nSPS) is 11.2. The van der Waals surface area contributed by atoms with E-state index in [1.807, 2.05) is 42.5 Å². The number of hydrogen-bond donors (Lipinski definition) is 0. The topological polar surface area (TPSA) is 29.5 Å². The summed E-state index contributed by atoms with van der Waals surface area (Å²) < 4.78 is 5.28. The van der Waals surface area contributed by atoms with Gasteiger partial charge in [-0.2, -0.15) is 0 Å². The quantitative estimate of drug-likeness (QED) is 0.117. The molecule has 6 rings (SSSR count). The average molecular weight is 440 g/mol. The third-order valence-corrected chi connectivity index (χ3v) is 6.24. The highest BCUT2D eigenvalue weighted by molar-refractivity contribution is 6.25. The summed E-state index contributed by atoms with van der Waals surface area (Å²) in [7, 11) is 0. The second kappa shape index (κ2) is 8.05. The third kappa shape index (κ3) is 3.26. The standard InChI is InChI=1S/C31H21NO2/c1-2-29(33)34-26-17-15-25(16-18-26)32(24-9-4-3-5-10-24)28-20-14-23-12-11-21-7-6-8-22-13-19-27(28)31(23)30(21)22/h2-20H,1H2. The van der Waals surface area contributed by atoms with Gasteiger partial charge in [-0.05, 0) is 69.4 Å². The van der Waals surface area contributed by atoms with Crippen molar-refractivity contribution in [2.24, 2.45) is 0 Å². The second-order valence-corrected chi connectivity index (χ2v) is 8.23. The van der Waals surface area contributed by atoms with Gasteiger partial charge >= 0.3 is 5.97 Å². The number of carbonyl (C=O) groups is 1. The minimum Gasteiger partial charge on any atom is -0.423 e. The molecule has 0 saturated heterocycles. The highest BCUT2D eigenvalue weighted by atomic mass is 16.5. The number of rotatable bonds is 5. The molecule has 0 amide bonds. The number of carbonyl (C=O) groups excluding carboxylic acids is 1. The van der Waals surface area contributed by atoms with Crippen molar-refractivity contribution in [2.45, 2.75) is 0 Å². The number of nitrogens with zero attached hydrogens (tertiary/aromatic N) is 1. The molecule has 3 nitrogen and oxygen atoms in total. The number of esters is 1. The summed E-state index contributed by atoms with van der Waals surface area (Å²) in [6.07, 6.45) is 1.16. The van der Waals surface area contributed by atoms with E-state index >= 15 is 0 Å². The molecule has 0 unspecified atom stereocenters. The van der Waals surface area contributed by atoms with Gasteiger partial charge in [0.15, 0.2) is 0 Å². The van der Waals surface area contributed by atoms with Crippen LogP contribution in [-0.2, 0) is 4.79 Å². The zero-order valence-corrected chi connectivity index (χ0v) is 18.4. The number of benzene rings is 6. The summed E-state index contributed by atoms with van der Waals surface area (Å²) in [4.78, 5) is 13.8. The Morgan fingerprint density at radius 2 is 1.26 bits per heavy atom. The lowest BCUT2D eigenvalue weighted by atomic mass is 9.93. The monoisotopic (exact) mass is 439 g/mol. The molecule has 3 heteroatoms. The molecule has 0 aliphatic rings. The number of para-hydroxylation sites is 1. The lowest BCUT2D eigenvalue weighted by Crippen LogP contribution is -2.11. The molecule has 0 aromatic heterocycles. The van der Waals surface area contributed by atoms with Gasteiger partial charge in [-0.15, -0.1) is 0 Å². The number of hydrogen-bond acceptors (Lipinski definition) is 3. The van der Waals surface area contributed by atoms with E-state index in [4.69, 9.17) is 4.74 Å². The van der Waals surface area contributed by atoms with Crippen molar-refractivity contribution >= 4 is 55.3 Å². The smallest absolute Gasteiger partial charge is 0.335 e. The summed E-state index contributed by atoms with van der Waals surface area (Å²) in [5, 5.41) is 7.46. The molecule has 6 aromatic carbocycles. The van der Waals surface area contributed by atoms with Crippen LogP contribution in [-0.4, -0.2) is 5.97 Å². The van der Waals surface area contributed by atoms with Gasteiger partial charge in [0.2, 0.25) is 0 Å². The fourth-order valence-electron chi connectivity index (χ4n) is 4.74. The Balaban J connectivity index is 1.58. The van der Waals surface area contributed by atoms with Crippen LogP contribution in [0.15, 0.2) is 122 Å². The zero-order valence-electron chi connectivity index (χ0n) is 18.4. The summed E-state index contributed by atoms with van der Waals surface area (Å²) in [6.45, 7) is 3.46. The Morgan fingerprint density at radius 1 is 0.647 bits per heavy atom. The Bertz CT molecular complexity index is 1640. The summed E-state index contributed by atoms with van der Waals surface area (Å²) >= 11 is 0. The van der Waals surface area contributed by atoms with Gasteiger partial charge in [0.05, 0.1) is 5.69 Å². The van der Waals surface area contributed by atoms with E-state index < -0.39 is 5.97 Å². The predicted molar refractivity (Wildman–Crippen MR) is 141 cm³/mol. The SMILES string of the molecule is C=CC(=O)Oc1ccc(N(c2ccccc2)c2ccc3ccc4cccc5ccc2c3c45)cc1. The minimum atomic E-state index is -0.473. The first kappa shape index (κ1) is 20.0. The van der Waals surface area contributed by atoms with E-state index in [0.717, 1.165) is 23.1 Å². The number of ether oxygens (including phenoxy) is 1. The van der Waals surface area contributed by atoms with Crippen LogP contribution in [0.25, 0.3) is 32.3 Å². The predicted octanol–water partition coefficient (Wildman–Crippen LogP) is 8.15. The molecular weight excluding hydrogens is 418 g/mol. The Labute approximate surface area is 197 Å². The Kier molecular flexibility index (Phi) is 4.74. The van der Waals surface area contributed by atoms with Crippen LogP contribution in [0.5, 0.6) is 5.75 Å². The van der Waals surface area contributed by atoms with Crippen molar-refractivity contribution in [2.75, 3.05) is 4.90 Å². The van der Waals surface area contributed by atoms with Crippen LogP contribution < -0.4 is 9.64 Å². The van der Waals surface area contributed by atoms with Crippen molar-refractivity contribution < 1.29 is 9.53 Å². The maximum Gasteiger partial charge on any atom is 0.335 e. The number of anilines is 3. The van der Waals surface area contributed by atoms with Crippen LogP contribution in [0.1, 0.15) is 0 Å². The van der Waals surface area contributed by atoms with Gasteiger partial charge in [0.25, 0.3) is 0 Å². The van der Waals surface area contributed by atoms with E-state index in [-0.39, 0.29) is 0 Å². The molecule has 0 bridgehead atoms. The highest BCUT2D eigenvalue weighted by Crippen LogP contribution is 2.43. The molecular formula is C31H21NO2. The maximum atomic E-state index is 11.6. The summed E-state index contributed by atoms with van der Waals surface area (Å²) in [5.41, 5.74) is 3.11. The lowest BCUT2D eigenvalue weighted by Gasteiger charge is -2.27. The van der Waals surface area contributed by atoms with Crippen LogP contribution in [0, 0.1) is 0 Å². The molecule has 0 aliphatic heterocycles. The largest absolute Gasteiger partial charge is 0.423 e. The van der Waals surface area contributed by atoms with E-state index in [2.05, 4.69) is 78.2 Å². The first-order valence-corrected chi connectivity index (χ1v) is 11.2. The van der Waals surface area contributed by atoms with E-state index in [1.165, 1.54) is 32.3 Å². The van der Waals surface area contributed by atoms with Crippen molar-refractivity contribution in [3.05, 3.63) is 122 Å². The molecule has 0 aliphatic carbocycles. The molecule has 0 radical (unpaired) electrons. The van der Waals surface area contributed by atoms with E-state index in [0.29, 0.717) is 5.75 Å². The van der Waals surface area contributed by atoms with Crippen molar-refractivity contribution in [1.29, 1.82) is 0 Å². The first-order valence-electron chi connectivity index (χ1n) is 11.2. The summed E-state index contributed by atoms with van der Waals surface area (Å²) in [6, 6.07) is 37.5. The van der Waals surface area contributed by atoms with Crippen LogP contribution in [0.2, 0.25) is 0 Å². The fraction of sp³-hybridized carbons (Fsp3) is 0. The molecule has 0 spiro atoms.